The molecule has 1 atom stereocenters. The summed E-state index contributed by atoms with van der Waals surface area (Å²) < 4.78 is 119. The van der Waals surface area contributed by atoms with Crippen LogP contribution < -0.4 is 4.90 Å². The second-order valence-corrected chi connectivity index (χ2v) is 8.13. The SMILES string of the molecule is Cc1cc(C(=O)c2cccc(N(CC(O)C(F)(F)F)c3cccc(C(F)(F)C(F)(F)F)c3)c2)ccc1F. The number of alkyl halides is 8. The minimum Gasteiger partial charge on any atom is -0.382 e. The van der Waals surface area contributed by atoms with Gasteiger partial charge >= 0.3 is 18.3 Å². The molecule has 3 aromatic carbocycles. The number of rotatable bonds is 7. The summed E-state index contributed by atoms with van der Waals surface area (Å²) in [6, 6.07) is 10.9. The molecule has 0 aliphatic rings. The number of ketones is 1. The summed E-state index contributed by atoms with van der Waals surface area (Å²) in [5.74, 6) is -6.54. The fourth-order valence-corrected chi connectivity index (χ4v) is 3.44. The first-order valence-electron chi connectivity index (χ1n) is 10.5. The first kappa shape index (κ1) is 28.0. The van der Waals surface area contributed by atoms with E-state index in [0.29, 0.717) is 17.0 Å². The molecule has 0 aromatic heterocycles. The Bertz CT molecular complexity index is 1290. The van der Waals surface area contributed by atoms with Crippen LogP contribution in [0.1, 0.15) is 27.0 Å². The highest BCUT2D eigenvalue weighted by molar-refractivity contribution is 6.09. The average Bonchev–Trinajstić information content (AvgIpc) is 2.82. The molecule has 198 valence electrons. The van der Waals surface area contributed by atoms with Crippen LogP contribution in [0, 0.1) is 12.7 Å². The lowest BCUT2D eigenvalue weighted by Crippen LogP contribution is -2.39. The van der Waals surface area contributed by atoms with Crippen molar-refractivity contribution in [3.8, 4) is 0 Å². The van der Waals surface area contributed by atoms with E-state index in [0.717, 1.165) is 24.3 Å². The van der Waals surface area contributed by atoms with E-state index in [-0.39, 0.29) is 22.4 Å². The van der Waals surface area contributed by atoms with Crippen molar-refractivity contribution in [3.05, 3.63) is 94.8 Å². The topological polar surface area (TPSA) is 40.5 Å². The lowest BCUT2D eigenvalue weighted by molar-refractivity contribution is -0.289. The molecule has 3 rings (SSSR count). The van der Waals surface area contributed by atoms with E-state index < -0.39 is 53.8 Å². The van der Waals surface area contributed by atoms with Gasteiger partial charge in [0, 0.05) is 28.1 Å². The second kappa shape index (κ2) is 10.1. The van der Waals surface area contributed by atoms with Crippen molar-refractivity contribution in [2.75, 3.05) is 11.4 Å². The zero-order chi connectivity index (χ0) is 27.8. The molecule has 0 fully saturated rings. The van der Waals surface area contributed by atoms with Gasteiger partial charge in [-0.15, -0.1) is 0 Å². The summed E-state index contributed by atoms with van der Waals surface area (Å²) in [5.41, 5.74) is -2.15. The molecule has 0 amide bonds. The fourth-order valence-electron chi connectivity index (χ4n) is 3.44. The molecule has 0 spiro atoms. The maximum absolute atomic E-state index is 13.9. The van der Waals surface area contributed by atoms with Crippen molar-refractivity contribution < 1.29 is 49.4 Å². The van der Waals surface area contributed by atoms with Gasteiger partial charge in [0.2, 0.25) is 0 Å². The Morgan fingerprint density at radius 1 is 0.838 bits per heavy atom. The van der Waals surface area contributed by atoms with Crippen LogP contribution in [0.4, 0.5) is 50.9 Å². The lowest BCUT2D eigenvalue weighted by atomic mass is 10.0. The Hall–Kier alpha value is -3.54. The lowest BCUT2D eigenvalue weighted by Gasteiger charge is -2.30. The van der Waals surface area contributed by atoms with Gasteiger partial charge in [0.1, 0.15) is 5.82 Å². The molecule has 3 nitrogen and oxygen atoms in total. The Kier molecular flexibility index (Phi) is 7.64. The van der Waals surface area contributed by atoms with Crippen LogP contribution in [0.25, 0.3) is 0 Å². The van der Waals surface area contributed by atoms with Crippen molar-refractivity contribution in [2.45, 2.75) is 31.3 Å². The van der Waals surface area contributed by atoms with Gasteiger partial charge in [-0.1, -0.05) is 24.3 Å². The summed E-state index contributed by atoms with van der Waals surface area (Å²) >= 11 is 0. The largest absolute Gasteiger partial charge is 0.458 e. The zero-order valence-corrected chi connectivity index (χ0v) is 18.8. The number of hydrogen-bond acceptors (Lipinski definition) is 3. The molecular weight excluding hydrogens is 517 g/mol. The van der Waals surface area contributed by atoms with Crippen LogP contribution in [-0.2, 0) is 5.92 Å². The number of carbonyl (C=O) groups excluding carboxylic acids is 1. The van der Waals surface area contributed by atoms with Gasteiger partial charge in [-0.05, 0) is 55.0 Å². The van der Waals surface area contributed by atoms with Gasteiger partial charge in [0.15, 0.2) is 11.9 Å². The highest BCUT2D eigenvalue weighted by atomic mass is 19.4. The van der Waals surface area contributed by atoms with E-state index in [2.05, 4.69) is 0 Å². The predicted molar refractivity (Wildman–Crippen MR) is 116 cm³/mol. The first-order valence-corrected chi connectivity index (χ1v) is 10.5. The Labute approximate surface area is 204 Å². The van der Waals surface area contributed by atoms with Crippen molar-refractivity contribution in [2.24, 2.45) is 0 Å². The fraction of sp³-hybridized carbons (Fsp3) is 0.240. The van der Waals surface area contributed by atoms with Crippen LogP contribution in [0.5, 0.6) is 0 Å². The third-order valence-corrected chi connectivity index (χ3v) is 5.45. The predicted octanol–water partition coefficient (Wildman–Crippen LogP) is 7.08. The molecule has 0 radical (unpaired) electrons. The quantitative estimate of drug-likeness (QED) is 0.260. The molecule has 0 heterocycles. The second-order valence-electron chi connectivity index (χ2n) is 8.13. The molecule has 3 aromatic rings. The number of halogens is 9. The monoisotopic (exact) mass is 535 g/mol. The van der Waals surface area contributed by atoms with Crippen LogP contribution in [0.3, 0.4) is 0 Å². The van der Waals surface area contributed by atoms with Crippen LogP contribution >= 0.6 is 0 Å². The number of benzene rings is 3. The smallest absolute Gasteiger partial charge is 0.382 e. The van der Waals surface area contributed by atoms with Gasteiger partial charge in [-0.3, -0.25) is 4.79 Å². The number of aliphatic hydroxyl groups excluding tert-OH is 1. The average molecular weight is 535 g/mol. The number of anilines is 2. The minimum atomic E-state index is -5.97. The number of aliphatic hydroxyl groups is 1. The third-order valence-electron chi connectivity index (χ3n) is 5.45. The van der Waals surface area contributed by atoms with Gasteiger partial charge in [0.05, 0.1) is 6.54 Å². The molecule has 1 unspecified atom stereocenters. The minimum absolute atomic E-state index is 0.0461. The number of aryl methyl sites for hydroxylation is 1. The van der Waals surface area contributed by atoms with Crippen LogP contribution in [0.15, 0.2) is 66.7 Å². The summed E-state index contributed by atoms with van der Waals surface area (Å²) in [6.07, 6.45) is -14.1. The Balaban J connectivity index is 2.10. The highest BCUT2D eigenvalue weighted by Gasteiger charge is 2.58. The Morgan fingerprint density at radius 2 is 1.41 bits per heavy atom. The molecular formula is C25H18F9NO2. The molecule has 12 heteroatoms. The van der Waals surface area contributed by atoms with E-state index >= 15 is 0 Å². The molecule has 0 saturated heterocycles. The van der Waals surface area contributed by atoms with E-state index in [1.807, 2.05) is 0 Å². The van der Waals surface area contributed by atoms with Gasteiger partial charge in [0.25, 0.3) is 0 Å². The van der Waals surface area contributed by atoms with Crippen molar-refractivity contribution >= 4 is 17.2 Å². The van der Waals surface area contributed by atoms with E-state index in [9.17, 15) is 49.4 Å². The molecule has 0 aliphatic carbocycles. The normalized spacial score (nSPS) is 13.4. The van der Waals surface area contributed by atoms with E-state index in [1.54, 1.807) is 0 Å². The summed E-state index contributed by atoms with van der Waals surface area (Å²) in [4.78, 5) is 13.6. The standard InChI is InChI=1S/C25H18F9NO2/c1-14-10-16(8-9-20(14)26)22(37)15-4-2-6-18(11-15)35(13-21(36)24(29,30)31)19-7-3-5-17(12-19)23(27,28)25(32,33)34/h2-12,21,36H,13H2,1H3. The molecule has 0 bridgehead atoms. The summed E-state index contributed by atoms with van der Waals surface area (Å²) in [6.45, 7) is 0.129. The van der Waals surface area contributed by atoms with Crippen LogP contribution in [-0.4, -0.2) is 35.9 Å². The molecule has 0 saturated carbocycles. The zero-order valence-electron chi connectivity index (χ0n) is 18.8. The van der Waals surface area contributed by atoms with E-state index in [4.69, 9.17) is 0 Å². The molecule has 1 N–H and O–H groups in total. The maximum Gasteiger partial charge on any atom is 0.458 e. The summed E-state index contributed by atoms with van der Waals surface area (Å²) in [5, 5.41) is 9.65. The maximum atomic E-state index is 13.9. The third kappa shape index (κ3) is 6.07. The van der Waals surface area contributed by atoms with Crippen molar-refractivity contribution in [1.29, 1.82) is 0 Å². The van der Waals surface area contributed by atoms with Gasteiger partial charge < -0.3 is 10.0 Å². The van der Waals surface area contributed by atoms with E-state index in [1.165, 1.54) is 37.3 Å². The van der Waals surface area contributed by atoms with Gasteiger partial charge in [-0.2, -0.15) is 35.1 Å². The van der Waals surface area contributed by atoms with Crippen molar-refractivity contribution in [3.63, 3.8) is 0 Å². The highest BCUT2D eigenvalue weighted by Crippen LogP contribution is 2.45. The molecule has 37 heavy (non-hydrogen) atoms. The van der Waals surface area contributed by atoms with Gasteiger partial charge in [-0.25, -0.2) is 4.39 Å². The number of nitrogens with zero attached hydrogens (tertiary/aromatic N) is 1. The number of carbonyl (C=O) groups is 1. The first-order chi connectivity index (χ1) is 17.0. The number of hydrogen-bond donors (Lipinski definition) is 1. The Morgan fingerprint density at radius 3 is 1.97 bits per heavy atom. The van der Waals surface area contributed by atoms with Crippen molar-refractivity contribution in [1.82, 2.24) is 0 Å². The molecule has 0 aliphatic heterocycles. The van der Waals surface area contributed by atoms with Crippen LogP contribution in [0.2, 0.25) is 0 Å². The summed E-state index contributed by atoms with van der Waals surface area (Å²) in [7, 11) is 0.